The van der Waals surface area contributed by atoms with Crippen molar-refractivity contribution in [2.75, 3.05) is 33.4 Å². The zero-order chi connectivity index (χ0) is 20.5. The van der Waals surface area contributed by atoms with Crippen molar-refractivity contribution in [3.8, 4) is 11.5 Å². The molecule has 1 N–H and O–H groups in total. The summed E-state index contributed by atoms with van der Waals surface area (Å²) in [5, 5.41) is 3.06. The molecule has 1 amide bonds. The molecular weight excluding hydrogens is 364 g/mol. The third-order valence-corrected chi connectivity index (χ3v) is 5.53. The molecule has 1 fully saturated rings. The van der Waals surface area contributed by atoms with Gasteiger partial charge in [0.15, 0.2) is 6.61 Å². The Morgan fingerprint density at radius 3 is 2.28 bits per heavy atom. The van der Waals surface area contributed by atoms with E-state index < -0.39 is 0 Å². The second-order valence-electron chi connectivity index (χ2n) is 7.48. The molecule has 3 rings (SSSR count). The zero-order valence-electron chi connectivity index (χ0n) is 17.5. The van der Waals surface area contributed by atoms with Crippen LogP contribution in [-0.4, -0.2) is 44.2 Å². The first-order valence-electron chi connectivity index (χ1n) is 10.6. The molecular formula is C24H32N2O3. The van der Waals surface area contributed by atoms with Crippen molar-refractivity contribution < 1.29 is 14.3 Å². The number of rotatable bonds is 9. The highest BCUT2D eigenvalue weighted by Crippen LogP contribution is 2.26. The van der Waals surface area contributed by atoms with Gasteiger partial charge in [0.05, 0.1) is 13.2 Å². The lowest BCUT2D eigenvalue weighted by Crippen LogP contribution is -2.41. The quantitative estimate of drug-likeness (QED) is 0.697. The van der Waals surface area contributed by atoms with Gasteiger partial charge in [-0.25, -0.2) is 0 Å². The van der Waals surface area contributed by atoms with Crippen LogP contribution < -0.4 is 14.8 Å². The molecule has 0 bridgehead atoms. The number of hydrogen-bond acceptors (Lipinski definition) is 4. The van der Waals surface area contributed by atoms with Crippen LogP contribution >= 0.6 is 0 Å². The van der Waals surface area contributed by atoms with E-state index in [-0.39, 0.29) is 18.6 Å². The maximum Gasteiger partial charge on any atom is 0.258 e. The minimum atomic E-state index is -0.0971. The number of aryl methyl sites for hydroxylation is 1. The van der Waals surface area contributed by atoms with Crippen molar-refractivity contribution in [2.24, 2.45) is 0 Å². The standard InChI is InChI=1S/C24H32N2O3/c1-3-19-7-11-22(12-8-19)29-18-24(27)25-17-23(26-15-5-4-6-16-26)20-9-13-21(28-2)14-10-20/h7-14,23H,3-6,15-18H2,1-2H3,(H,25,27). The average Bonchev–Trinajstić information content (AvgIpc) is 2.79. The molecule has 29 heavy (non-hydrogen) atoms. The summed E-state index contributed by atoms with van der Waals surface area (Å²) in [5.74, 6) is 1.47. The smallest absolute Gasteiger partial charge is 0.258 e. The Morgan fingerprint density at radius 2 is 1.66 bits per heavy atom. The molecule has 1 atom stereocenters. The number of methoxy groups -OCH3 is 1. The summed E-state index contributed by atoms with van der Waals surface area (Å²) in [7, 11) is 1.67. The van der Waals surface area contributed by atoms with E-state index in [1.54, 1.807) is 7.11 Å². The van der Waals surface area contributed by atoms with Crippen molar-refractivity contribution in [2.45, 2.75) is 38.6 Å². The molecule has 0 saturated carbocycles. The molecule has 2 aromatic rings. The fraction of sp³-hybridized carbons (Fsp3) is 0.458. The summed E-state index contributed by atoms with van der Waals surface area (Å²) in [6.07, 6.45) is 4.68. The summed E-state index contributed by atoms with van der Waals surface area (Å²) in [4.78, 5) is 14.9. The van der Waals surface area contributed by atoms with E-state index in [2.05, 4.69) is 29.3 Å². The molecule has 2 aromatic carbocycles. The van der Waals surface area contributed by atoms with Crippen LogP contribution in [0, 0.1) is 0 Å². The Balaban J connectivity index is 1.56. The van der Waals surface area contributed by atoms with E-state index in [1.165, 1.54) is 30.4 Å². The SMILES string of the molecule is CCc1ccc(OCC(=O)NCC(c2ccc(OC)cc2)N2CCCCC2)cc1. The van der Waals surface area contributed by atoms with E-state index >= 15 is 0 Å². The molecule has 5 nitrogen and oxygen atoms in total. The predicted molar refractivity (Wildman–Crippen MR) is 115 cm³/mol. The molecule has 1 heterocycles. The molecule has 0 aliphatic carbocycles. The summed E-state index contributed by atoms with van der Waals surface area (Å²) in [5.41, 5.74) is 2.45. The Bertz CT molecular complexity index is 753. The maximum atomic E-state index is 12.4. The van der Waals surface area contributed by atoms with Crippen molar-refractivity contribution >= 4 is 5.91 Å². The maximum absolute atomic E-state index is 12.4. The molecule has 1 aliphatic heterocycles. The minimum absolute atomic E-state index is 0.0286. The molecule has 0 aromatic heterocycles. The first-order valence-corrected chi connectivity index (χ1v) is 10.6. The third kappa shape index (κ3) is 6.23. The van der Waals surface area contributed by atoms with Gasteiger partial charge >= 0.3 is 0 Å². The normalized spacial score (nSPS) is 15.5. The van der Waals surface area contributed by atoms with Gasteiger partial charge in [-0.05, 0) is 67.7 Å². The molecule has 1 saturated heterocycles. The molecule has 1 unspecified atom stereocenters. The van der Waals surface area contributed by atoms with Gasteiger partial charge < -0.3 is 14.8 Å². The van der Waals surface area contributed by atoms with Crippen molar-refractivity contribution in [3.05, 3.63) is 59.7 Å². The Hall–Kier alpha value is -2.53. The zero-order valence-corrected chi connectivity index (χ0v) is 17.5. The highest BCUT2D eigenvalue weighted by atomic mass is 16.5. The summed E-state index contributed by atoms with van der Waals surface area (Å²) < 4.78 is 10.9. The van der Waals surface area contributed by atoms with Gasteiger partial charge in [0.2, 0.25) is 0 Å². The number of nitrogens with one attached hydrogen (secondary N) is 1. The van der Waals surface area contributed by atoms with Crippen LogP contribution in [0.15, 0.2) is 48.5 Å². The van der Waals surface area contributed by atoms with Gasteiger partial charge in [-0.1, -0.05) is 37.6 Å². The number of hydrogen-bond donors (Lipinski definition) is 1. The van der Waals surface area contributed by atoms with Gasteiger partial charge in [0.25, 0.3) is 5.91 Å². The first kappa shape index (κ1) is 21.2. The molecule has 1 aliphatic rings. The molecule has 0 spiro atoms. The Morgan fingerprint density at radius 1 is 1.00 bits per heavy atom. The van der Waals surface area contributed by atoms with Crippen LogP contribution in [-0.2, 0) is 11.2 Å². The van der Waals surface area contributed by atoms with Crippen LogP contribution in [0.4, 0.5) is 0 Å². The number of piperidine rings is 1. The topological polar surface area (TPSA) is 50.8 Å². The fourth-order valence-electron chi connectivity index (χ4n) is 3.75. The van der Waals surface area contributed by atoms with Gasteiger partial charge in [0.1, 0.15) is 11.5 Å². The highest BCUT2D eigenvalue weighted by molar-refractivity contribution is 5.77. The van der Waals surface area contributed by atoms with Crippen LogP contribution in [0.5, 0.6) is 11.5 Å². The second kappa shape index (κ2) is 10.9. The lowest BCUT2D eigenvalue weighted by Gasteiger charge is -2.35. The van der Waals surface area contributed by atoms with Crippen molar-refractivity contribution in [1.29, 1.82) is 0 Å². The Labute approximate surface area is 174 Å². The van der Waals surface area contributed by atoms with E-state index in [4.69, 9.17) is 9.47 Å². The molecule has 156 valence electrons. The largest absolute Gasteiger partial charge is 0.497 e. The minimum Gasteiger partial charge on any atom is -0.497 e. The number of benzene rings is 2. The summed E-state index contributed by atoms with van der Waals surface area (Å²) in [6, 6.07) is 16.2. The second-order valence-corrected chi connectivity index (χ2v) is 7.48. The van der Waals surface area contributed by atoms with E-state index in [0.29, 0.717) is 6.54 Å². The molecule has 0 radical (unpaired) electrons. The van der Waals surface area contributed by atoms with Crippen molar-refractivity contribution in [1.82, 2.24) is 10.2 Å². The number of ether oxygens (including phenoxy) is 2. The number of carbonyl (C=O) groups is 1. The fourth-order valence-corrected chi connectivity index (χ4v) is 3.75. The van der Waals surface area contributed by atoms with E-state index in [9.17, 15) is 4.79 Å². The number of likely N-dealkylation sites (tertiary alicyclic amines) is 1. The number of nitrogens with zero attached hydrogens (tertiary/aromatic N) is 1. The monoisotopic (exact) mass is 396 g/mol. The van der Waals surface area contributed by atoms with Gasteiger partial charge in [-0.15, -0.1) is 0 Å². The average molecular weight is 397 g/mol. The third-order valence-electron chi connectivity index (χ3n) is 5.53. The predicted octanol–water partition coefficient (Wildman–Crippen LogP) is 3.98. The number of carbonyl (C=O) groups excluding carboxylic acids is 1. The lowest BCUT2D eigenvalue weighted by atomic mass is 10.0. The van der Waals surface area contributed by atoms with Crippen LogP contribution in [0.3, 0.4) is 0 Å². The van der Waals surface area contributed by atoms with Crippen LogP contribution in [0.25, 0.3) is 0 Å². The first-order chi connectivity index (χ1) is 14.2. The highest BCUT2D eigenvalue weighted by Gasteiger charge is 2.23. The van der Waals surface area contributed by atoms with Gasteiger partial charge in [-0.3, -0.25) is 9.69 Å². The van der Waals surface area contributed by atoms with Crippen molar-refractivity contribution in [3.63, 3.8) is 0 Å². The van der Waals surface area contributed by atoms with E-state index in [0.717, 1.165) is 31.0 Å². The Kier molecular flexibility index (Phi) is 7.94. The van der Waals surface area contributed by atoms with Crippen LogP contribution in [0.2, 0.25) is 0 Å². The van der Waals surface area contributed by atoms with E-state index in [1.807, 2.05) is 36.4 Å². The molecule has 5 heteroatoms. The lowest BCUT2D eigenvalue weighted by molar-refractivity contribution is -0.123. The number of amides is 1. The summed E-state index contributed by atoms with van der Waals surface area (Å²) in [6.45, 7) is 4.84. The van der Waals surface area contributed by atoms with Gasteiger partial charge in [0, 0.05) is 6.54 Å². The summed E-state index contributed by atoms with van der Waals surface area (Å²) >= 11 is 0. The van der Waals surface area contributed by atoms with Crippen LogP contribution in [0.1, 0.15) is 43.4 Å². The van der Waals surface area contributed by atoms with Gasteiger partial charge in [-0.2, -0.15) is 0 Å².